The second-order valence-electron chi connectivity index (χ2n) is 8.18. The molecule has 4 rings (SSSR count). The summed E-state index contributed by atoms with van der Waals surface area (Å²) in [6, 6.07) is 23.9. The molecule has 1 aliphatic heterocycles. The Morgan fingerprint density at radius 3 is 2.52 bits per heavy atom. The summed E-state index contributed by atoms with van der Waals surface area (Å²) in [5.74, 6) is 0.136. The van der Waals surface area contributed by atoms with Crippen LogP contribution in [0.15, 0.2) is 71.6 Å². The van der Waals surface area contributed by atoms with E-state index in [4.69, 9.17) is 0 Å². The lowest BCUT2D eigenvalue weighted by Crippen LogP contribution is -2.42. The number of nitrogens with zero attached hydrogens (tertiary/aromatic N) is 1. The molecule has 0 unspecified atom stereocenters. The number of carbonyl (C=O) groups is 1. The molecular formula is C26H31N3OS. The first-order valence-corrected chi connectivity index (χ1v) is 12.2. The highest BCUT2D eigenvalue weighted by Crippen LogP contribution is 2.24. The van der Waals surface area contributed by atoms with Gasteiger partial charge in [0.05, 0.1) is 6.04 Å². The topological polar surface area (TPSA) is 44.4 Å². The van der Waals surface area contributed by atoms with E-state index < -0.39 is 0 Å². The number of hydrogen-bond donors (Lipinski definition) is 2. The molecule has 0 bridgehead atoms. The van der Waals surface area contributed by atoms with E-state index in [1.54, 1.807) is 11.8 Å². The van der Waals surface area contributed by atoms with Crippen molar-refractivity contribution in [2.45, 2.75) is 43.4 Å². The minimum Gasteiger partial charge on any atom is -0.355 e. The first-order valence-electron chi connectivity index (χ1n) is 11.0. The Hall–Kier alpha value is -2.34. The molecule has 2 atom stereocenters. The first kappa shape index (κ1) is 21.9. The molecular weight excluding hydrogens is 402 g/mol. The van der Waals surface area contributed by atoms with Crippen LogP contribution in [0.1, 0.15) is 24.5 Å². The predicted molar refractivity (Wildman–Crippen MR) is 130 cm³/mol. The van der Waals surface area contributed by atoms with Crippen molar-refractivity contribution < 1.29 is 4.79 Å². The molecule has 1 amide bonds. The zero-order chi connectivity index (χ0) is 21.6. The second-order valence-corrected chi connectivity index (χ2v) is 9.06. The van der Waals surface area contributed by atoms with Crippen molar-refractivity contribution in [3.05, 3.63) is 77.9 Å². The highest BCUT2D eigenvalue weighted by Gasteiger charge is 2.36. The maximum atomic E-state index is 12.8. The molecule has 0 aromatic heterocycles. The fourth-order valence-electron chi connectivity index (χ4n) is 4.37. The van der Waals surface area contributed by atoms with Gasteiger partial charge >= 0.3 is 0 Å². The van der Waals surface area contributed by atoms with Crippen LogP contribution in [0.5, 0.6) is 0 Å². The van der Waals surface area contributed by atoms with Gasteiger partial charge < -0.3 is 10.6 Å². The molecule has 3 aromatic carbocycles. The highest BCUT2D eigenvalue weighted by molar-refractivity contribution is 7.98. The molecule has 31 heavy (non-hydrogen) atoms. The van der Waals surface area contributed by atoms with Crippen LogP contribution < -0.4 is 10.6 Å². The van der Waals surface area contributed by atoms with Gasteiger partial charge in [-0.2, -0.15) is 0 Å². The summed E-state index contributed by atoms with van der Waals surface area (Å²) in [6.07, 6.45) is 2.93. The Kier molecular flexibility index (Phi) is 7.28. The summed E-state index contributed by atoms with van der Waals surface area (Å²) in [7, 11) is 0. The van der Waals surface area contributed by atoms with E-state index in [-0.39, 0.29) is 11.9 Å². The standard InChI is InChI=1S/C26H31N3OS/c1-3-27-26(30)25-15-23(28-16-19-9-12-24(31-2)13-10-19)18-29(25)17-20-8-11-21-6-4-5-7-22(21)14-20/h4-14,23,25,28H,3,15-18H2,1-2H3,(H,27,30)/t23-,25+/m1/s1. The third kappa shape index (κ3) is 5.48. The van der Waals surface area contributed by atoms with Gasteiger partial charge in [0.2, 0.25) is 5.91 Å². The van der Waals surface area contributed by atoms with E-state index in [1.165, 1.54) is 26.8 Å². The van der Waals surface area contributed by atoms with Gasteiger partial charge in [-0.15, -0.1) is 11.8 Å². The summed E-state index contributed by atoms with van der Waals surface area (Å²) in [4.78, 5) is 16.4. The zero-order valence-electron chi connectivity index (χ0n) is 18.3. The van der Waals surface area contributed by atoms with Crippen molar-refractivity contribution in [2.75, 3.05) is 19.3 Å². The molecule has 2 N–H and O–H groups in total. The number of fused-ring (bicyclic) bond motifs is 1. The minimum atomic E-state index is -0.0946. The fraction of sp³-hybridized carbons (Fsp3) is 0.346. The lowest BCUT2D eigenvalue weighted by Gasteiger charge is -2.23. The van der Waals surface area contributed by atoms with Crippen LogP contribution in [0.4, 0.5) is 0 Å². The van der Waals surface area contributed by atoms with Gasteiger partial charge in [-0.1, -0.05) is 48.5 Å². The quantitative estimate of drug-likeness (QED) is 0.516. The normalized spacial score (nSPS) is 19.0. The molecule has 1 aliphatic rings. The third-order valence-corrected chi connectivity index (χ3v) is 6.75. The van der Waals surface area contributed by atoms with Gasteiger partial charge in [-0.3, -0.25) is 9.69 Å². The van der Waals surface area contributed by atoms with Gasteiger partial charge in [0, 0.05) is 37.1 Å². The van der Waals surface area contributed by atoms with Crippen molar-refractivity contribution >= 4 is 28.4 Å². The number of benzene rings is 3. The van der Waals surface area contributed by atoms with Crippen LogP contribution in [0.25, 0.3) is 10.8 Å². The first-order chi connectivity index (χ1) is 15.2. The van der Waals surface area contributed by atoms with Crippen molar-refractivity contribution in [3.8, 4) is 0 Å². The number of nitrogens with one attached hydrogen (secondary N) is 2. The Bertz CT molecular complexity index is 1020. The van der Waals surface area contributed by atoms with Crippen molar-refractivity contribution in [1.29, 1.82) is 0 Å². The SMILES string of the molecule is CCNC(=O)[C@@H]1C[C@@H](NCc2ccc(SC)cc2)CN1Cc1ccc2ccccc2c1. The van der Waals surface area contributed by atoms with E-state index in [0.717, 1.165) is 26.1 Å². The minimum absolute atomic E-state index is 0.0946. The Morgan fingerprint density at radius 2 is 1.77 bits per heavy atom. The van der Waals surface area contributed by atoms with Gasteiger partial charge in [0.1, 0.15) is 0 Å². The number of hydrogen-bond acceptors (Lipinski definition) is 4. The van der Waals surface area contributed by atoms with Crippen molar-refractivity contribution in [2.24, 2.45) is 0 Å². The smallest absolute Gasteiger partial charge is 0.237 e. The van der Waals surface area contributed by atoms with E-state index in [1.807, 2.05) is 6.92 Å². The van der Waals surface area contributed by atoms with Crippen LogP contribution >= 0.6 is 11.8 Å². The Balaban J connectivity index is 1.44. The van der Waals surface area contributed by atoms with E-state index in [0.29, 0.717) is 12.6 Å². The van der Waals surface area contributed by atoms with E-state index in [9.17, 15) is 4.79 Å². The van der Waals surface area contributed by atoms with Gasteiger partial charge in [0.25, 0.3) is 0 Å². The third-order valence-electron chi connectivity index (χ3n) is 6.01. The number of carbonyl (C=O) groups excluding carboxylic acids is 1. The highest BCUT2D eigenvalue weighted by atomic mass is 32.2. The maximum Gasteiger partial charge on any atom is 0.237 e. The summed E-state index contributed by atoms with van der Waals surface area (Å²) < 4.78 is 0. The Labute approximate surface area is 189 Å². The molecule has 1 fully saturated rings. The largest absolute Gasteiger partial charge is 0.355 e. The van der Waals surface area contributed by atoms with Crippen LogP contribution in [-0.2, 0) is 17.9 Å². The second kappa shape index (κ2) is 10.3. The average molecular weight is 434 g/mol. The van der Waals surface area contributed by atoms with Gasteiger partial charge in [-0.25, -0.2) is 0 Å². The fourth-order valence-corrected chi connectivity index (χ4v) is 4.78. The molecule has 4 nitrogen and oxygen atoms in total. The molecule has 0 aliphatic carbocycles. The summed E-state index contributed by atoms with van der Waals surface area (Å²) in [5, 5.41) is 9.21. The Morgan fingerprint density at radius 1 is 1.03 bits per heavy atom. The van der Waals surface area contributed by atoms with Crippen molar-refractivity contribution in [1.82, 2.24) is 15.5 Å². The molecule has 0 spiro atoms. The van der Waals surface area contributed by atoms with Crippen LogP contribution in [-0.4, -0.2) is 42.2 Å². The lowest BCUT2D eigenvalue weighted by molar-refractivity contribution is -0.125. The number of likely N-dealkylation sites (N-methyl/N-ethyl adjacent to an activating group) is 1. The lowest BCUT2D eigenvalue weighted by atomic mass is 10.1. The van der Waals surface area contributed by atoms with E-state index in [2.05, 4.69) is 88.5 Å². The number of amides is 1. The van der Waals surface area contributed by atoms with Gasteiger partial charge in [-0.05, 0) is 59.7 Å². The van der Waals surface area contributed by atoms with Gasteiger partial charge in [0.15, 0.2) is 0 Å². The predicted octanol–water partition coefficient (Wildman–Crippen LogP) is 4.43. The molecule has 5 heteroatoms. The number of likely N-dealkylation sites (tertiary alicyclic amines) is 1. The summed E-state index contributed by atoms with van der Waals surface area (Å²) in [5.41, 5.74) is 2.53. The number of thioether (sulfide) groups is 1. The van der Waals surface area contributed by atoms with E-state index >= 15 is 0 Å². The zero-order valence-corrected chi connectivity index (χ0v) is 19.1. The molecule has 3 aromatic rings. The molecule has 0 radical (unpaired) electrons. The molecule has 0 saturated carbocycles. The number of rotatable bonds is 8. The monoisotopic (exact) mass is 433 g/mol. The van der Waals surface area contributed by atoms with Crippen molar-refractivity contribution in [3.63, 3.8) is 0 Å². The van der Waals surface area contributed by atoms with Crippen LogP contribution in [0.2, 0.25) is 0 Å². The molecule has 1 saturated heterocycles. The van der Waals surface area contributed by atoms with Crippen LogP contribution in [0, 0.1) is 0 Å². The molecule has 162 valence electrons. The summed E-state index contributed by atoms with van der Waals surface area (Å²) in [6.45, 7) is 5.13. The summed E-state index contributed by atoms with van der Waals surface area (Å²) >= 11 is 1.76. The maximum absolute atomic E-state index is 12.8. The van der Waals surface area contributed by atoms with Crippen LogP contribution in [0.3, 0.4) is 0 Å². The molecule has 1 heterocycles. The average Bonchev–Trinajstić information content (AvgIpc) is 3.21.